The van der Waals surface area contributed by atoms with Gasteiger partial charge in [-0.2, -0.15) is 11.8 Å². The summed E-state index contributed by atoms with van der Waals surface area (Å²) in [6, 6.07) is 6.05. The van der Waals surface area contributed by atoms with E-state index in [1.54, 1.807) is 12.4 Å². The van der Waals surface area contributed by atoms with E-state index >= 15 is 0 Å². The van der Waals surface area contributed by atoms with Crippen LogP contribution in [0.15, 0.2) is 36.8 Å². The first-order valence-corrected chi connectivity index (χ1v) is 7.33. The molecule has 0 spiro atoms. The number of thioether (sulfide) groups is 1. The van der Waals surface area contributed by atoms with E-state index < -0.39 is 0 Å². The maximum absolute atomic E-state index is 4.30. The lowest BCUT2D eigenvalue weighted by Gasteiger charge is -2.26. The lowest BCUT2D eigenvalue weighted by Crippen LogP contribution is -2.32. The summed E-state index contributed by atoms with van der Waals surface area (Å²) in [6.07, 6.45) is 5.59. The molecule has 5 heteroatoms. The SMILES string of the molecule is c1cnc(-n2cccc2CN2CCSCC2)nc1. The third kappa shape index (κ3) is 2.57. The van der Waals surface area contributed by atoms with Crippen LogP contribution in [0.25, 0.3) is 5.95 Å². The summed E-state index contributed by atoms with van der Waals surface area (Å²) in [5, 5.41) is 0. The van der Waals surface area contributed by atoms with Crippen LogP contribution >= 0.6 is 11.8 Å². The molecule has 3 heterocycles. The second-order valence-corrected chi connectivity index (χ2v) is 5.53. The standard InChI is InChI=1S/C13H16N4S/c1-3-12(11-16-7-9-18-10-8-16)17(6-1)13-14-4-2-5-15-13/h1-6H,7-11H2. The fourth-order valence-corrected chi connectivity index (χ4v) is 3.12. The molecule has 2 aromatic rings. The molecule has 0 aliphatic carbocycles. The van der Waals surface area contributed by atoms with E-state index in [1.165, 1.54) is 30.3 Å². The van der Waals surface area contributed by atoms with Crippen molar-refractivity contribution in [3.8, 4) is 5.95 Å². The molecule has 0 N–H and O–H groups in total. The molecule has 1 aliphatic heterocycles. The molecule has 94 valence electrons. The number of rotatable bonds is 3. The van der Waals surface area contributed by atoms with Gasteiger partial charge in [-0.15, -0.1) is 0 Å². The molecule has 0 saturated carbocycles. The van der Waals surface area contributed by atoms with Crippen LogP contribution in [0.4, 0.5) is 0 Å². The summed E-state index contributed by atoms with van der Waals surface area (Å²) in [4.78, 5) is 11.1. The third-order valence-electron chi connectivity index (χ3n) is 3.09. The van der Waals surface area contributed by atoms with Crippen LogP contribution in [0.5, 0.6) is 0 Å². The van der Waals surface area contributed by atoms with E-state index in [2.05, 4.69) is 31.6 Å². The molecule has 1 aliphatic rings. The molecule has 0 atom stereocenters. The van der Waals surface area contributed by atoms with Crippen LogP contribution in [-0.4, -0.2) is 44.0 Å². The van der Waals surface area contributed by atoms with Crippen LogP contribution in [0.3, 0.4) is 0 Å². The van der Waals surface area contributed by atoms with Crippen molar-refractivity contribution < 1.29 is 0 Å². The van der Waals surface area contributed by atoms with Gasteiger partial charge in [0, 0.05) is 55.4 Å². The van der Waals surface area contributed by atoms with Crippen molar-refractivity contribution in [1.29, 1.82) is 0 Å². The number of nitrogens with zero attached hydrogens (tertiary/aromatic N) is 4. The molecule has 4 nitrogen and oxygen atoms in total. The summed E-state index contributed by atoms with van der Waals surface area (Å²) in [6.45, 7) is 3.32. The zero-order valence-corrected chi connectivity index (χ0v) is 11.0. The zero-order valence-electron chi connectivity index (χ0n) is 10.2. The molecule has 0 unspecified atom stereocenters. The zero-order chi connectivity index (χ0) is 12.2. The maximum atomic E-state index is 4.30. The largest absolute Gasteiger partial charge is 0.296 e. The van der Waals surface area contributed by atoms with Gasteiger partial charge in [0.1, 0.15) is 0 Å². The molecule has 0 radical (unpaired) electrons. The molecule has 18 heavy (non-hydrogen) atoms. The van der Waals surface area contributed by atoms with Gasteiger partial charge in [0.25, 0.3) is 0 Å². The first kappa shape index (κ1) is 11.7. The summed E-state index contributed by atoms with van der Waals surface area (Å²) in [7, 11) is 0. The summed E-state index contributed by atoms with van der Waals surface area (Å²) >= 11 is 2.04. The minimum Gasteiger partial charge on any atom is -0.296 e. The van der Waals surface area contributed by atoms with Crippen molar-refractivity contribution in [3.63, 3.8) is 0 Å². The van der Waals surface area contributed by atoms with E-state index in [0.717, 1.165) is 12.5 Å². The highest BCUT2D eigenvalue weighted by molar-refractivity contribution is 7.99. The highest BCUT2D eigenvalue weighted by atomic mass is 32.2. The summed E-state index contributed by atoms with van der Waals surface area (Å²) in [5.74, 6) is 3.23. The smallest absolute Gasteiger partial charge is 0.233 e. The summed E-state index contributed by atoms with van der Waals surface area (Å²) in [5.41, 5.74) is 1.26. The van der Waals surface area contributed by atoms with E-state index in [1.807, 2.05) is 24.0 Å². The number of hydrogen-bond donors (Lipinski definition) is 0. The Morgan fingerprint density at radius 3 is 2.67 bits per heavy atom. The highest BCUT2D eigenvalue weighted by Crippen LogP contribution is 2.15. The van der Waals surface area contributed by atoms with Crippen LogP contribution < -0.4 is 0 Å². The highest BCUT2D eigenvalue weighted by Gasteiger charge is 2.13. The fraction of sp³-hybridized carbons (Fsp3) is 0.385. The van der Waals surface area contributed by atoms with Gasteiger partial charge in [-0.1, -0.05) is 0 Å². The summed E-state index contributed by atoms with van der Waals surface area (Å²) < 4.78 is 2.07. The van der Waals surface area contributed by atoms with E-state index in [9.17, 15) is 0 Å². The predicted octanol–water partition coefficient (Wildman–Crippen LogP) is 1.82. The predicted molar refractivity (Wildman–Crippen MR) is 74.0 cm³/mol. The monoisotopic (exact) mass is 260 g/mol. The number of aromatic nitrogens is 3. The molecule has 2 aromatic heterocycles. The van der Waals surface area contributed by atoms with Crippen molar-refractivity contribution in [2.75, 3.05) is 24.6 Å². The molecular weight excluding hydrogens is 244 g/mol. The Hall–Kier alpha value is -1.33. The van der Waals surface area contributed by atoms with Gasteiger partial charge in [-0.25, -0.2) is 9.97 Å². The minimum absolute atomic E-state index is 0.754. The Bertz CT molecular complexity index is 491. The average molecular weight is 260 g/mol. The normalized spacial score (nSPS) is 16.9. The Balaban J connectivity index is 1.79. The van der Waals surface area contributed by atoms with Crippen LogP contribution in [0.1, 0.15) is 5.69 Å². The second kappa shape index (κ2) is 5.54. The minimum atomic E-state index is 0.754. The molecule has 1 fully saturated rings. The van der Waals surface area contributed by atoms with Crippen molar-refractivity contribution in [2.45, 2.75) is 6.54 Å². The van der Waals surface area contributed by atoms with Gasteiger partial charge >= 0.3 is 0 Å². The van der Waals surface area contributed by atoms with E-state index in [4.69, 9.17) is 0 Å². The first-order chi connectivity index (χ1) is 8.93. The molecule has 0 bridgehead atoms. The molecular formula is C13H16N4S. The quantitative estimate of drug-likeness (QED) is 0.843. The maximum Gasteiger partial charge on any atom is 0.233 e. The lowest BCUT2D eigenvalue weighted by atomic mass is 10.3. The molecule has 0 amide bonds. The molecule has 3 rings (SSSR count). The first-order valence-electron chi connectivity index (χ1n) is 6.17. The van der Waals surface area contributed by atoms with Gasteiger partial charge in [0.15, 0.2) is 0 Å². The van der Waals surface area contributed by atoms with Crippen LogP contribution in [0.2, 0.25) is 0 Å². The van der Waals surface area contributed by atoms with Crippen molar-refractivity contribution >= 4 is 11.8 Å². The van der Waals surface area contributed by atoms with Crippen molar-refractivity contribution in [3.05, 3.63) is 42.5 Å². The van der Waals surface area contributed by atoms with Crippen LogP contribution in [0, 0.1) is 0 Å². The second-order valence-electron chi connectivity index (χ2n) is 4.31. The topological polar surface area (TPSA) is 34.0 Å². The van der Waals surface area contributed by atoms with Gasteiger partial charge in [0.2, 0.25) is 5.95 Å². The Kier molecular flexibility index (Phi) is 3.61. The van der Waals surface area contributed by atoms with Gasteiger partial charge in [0.05, 0.1) is 0 Å². The molecule has 1 saturated heterocycles. The number of hydrogen-bond acceptors (Lipinski definition) is 4. The van der Waals surface area contributed by atoms with Crippen molar-refractivity contribution in [1.82, 2.24) is 19.4 Å². The average Bonchev–Trinajstić information content (AvgIpc) is 2.89. The molecule has 0 aromatic carbocycles. The van der Waals surface area contributed by atoms with Gasteiger partial charge in [-0.3, -0.25) is 9.47 Å². The van der Waals surface area contributed by atoms with Crippen LogP contribution in [-0.2, 0) is 6.54 Å². The van der Waals surface area contributed by atoms with E-state index in [0.29, 0.717) is 0 Å². The van der Waals surface area contributed by atoms with Gasteiger partial charge in [-0.05, 0) is 18.2 Å². The third-order valence-corrected chi connectivity index (χ3v) is 4.03. The van der Waals surface area contributed by atoms with Crippen molar-refractivity contribution in [2.24, 2.45) is 0 Å². The van der Waals surface area contributed by atoms with Gasteiger partial charge < -0.3 is 0 Å². The fourth-order valence-electron chi connectivity index (χ4n) is 2.14. The van der Waals surface area contributed by atoms with E-state index in [-0.39, 0.29) is 0 Å². The Morgan fingerprint density at radius 1 is 1.11 bits per heavy atom. The Morgan fingerprint density at radius 2 is 1.89 bits per heavy atom. The lowest BCUT2D eigenvalue weighted by molar-refractivity contribution is 0.289. The Labute approximate surface area is 111 Å².